The Bertz CT molecular complexity index is 1160. The van der Waals surface area contributed by atoms with Gasteiger partial charge in [-0.2, -0.15) is 0 Å². The number of ether oxygens (including phenoxy) is 1. The van der Waals surface area contributed by atoms with Crippen molar-refractivity contribution in [1.29, 1.82) is 0 Å². The zero-order chi connectivity index (χ0) is 21.1. The average Bonchev–Trinajstić information content (AvgIpc) is 3.00. The van der Waals surface area contributed by atoms with Gasteiger partial charge in [0.2, 0.25) is 5.78 Å². The SMILES string of the molecule is O=C(COC(=O)c1c2c(nc3ccccc13)CCCCC2)c1cccc([N+](=O)[O-])c1. The molecular formula is C23H20N2O5. The molecule has 4 rings (SSSR count). The highest BCUT2D eigenvalue weighted by atomic mass is 16.6. The first-order valence-electron chi connectivity index (χ1n) is 9.90. The zero-order valence-electron chi connectivity index (χ0n) is 16.3. The molecule has 1 aliphatic carbocycles. The van der Waals surface area contributed by atoms with Crippen LogP contribution in [0.1, 0.15) is 51.2 Å². The number of pyridine rings is 1. The van der Waals surface area contributed by atoms with Crippen molar-refractivity contribution in [2.45, 2.75) is 32.1 Å². The van der Waals surface area contributed by atoms with Gasteiger partial charge < -0.3 is 4.74 Å². The van der Waals surface area contributed by atoms with E-state index in [1.807, 2.05) is 24.3 Å². The van der Waals surface area contributed by atoms with Crippen LogP contribution in [0.4, 0.5) is 5.69 Å². The minimum Gasteiger partial charge on any atom is -0.454 e. The van der Waals surface area contributed by atoms with Crippen LogP contribution in [0.5, 0.6) is 0 Å². The first-order valence-corrected chi connectivity index (χ1v) is 9.90. The molecule has 30 heavy (non-hydrogen) atoms. The van der Waals surface area contributed by atoms with E-state index in [1.165, 1.54) is 24.3 Å². The fourth-order valence-corrected chi connectivity index (χ4v) is 3.86. The van der Waals surface area contributed by atoms with E-state index in [2.05, 4.69) is 0 Å². The third-order valence-electron chi connectivity index (χ3n) is 5.34. The average molecular weight is 404 g/mol. The second-order valence-electron chi connectivity index (χ2n) is 7.30. The van der Waals surface area contributed by atoms with Crippen LogP contribution in [0, 0.1) is 10.1 Å². The van der Waals surface area contributed by atoms with Gasteiger partial charge in [0.15, 0.2) is 6.61 Å². The number of carbonyl (C=O) groups excluding carboxylic acids is 2. The number of nitrogens with zero attached hydrogens (tertiary/aromatic N) is 2. The van der Waals surface area contributed by atoms with E-state index in [4.69, 9.17) is 9.72 Å². The van der Waals surface area contributed by atoms with Crippen molar-refractivity contribution in [2.24, 2.45) is 0 Å². The summed E-state index contributed by atoms with van der Waals surface area (Å²) in [6.45, 7) is -0.481. The number of aromatic nitrogens is 1. The second kappa shape index (κ2) is 8.41. The highest BCUT2D eigenvalue weighted by molar-refractivity contribution is 6.06. The first kappa shape index (κ1) is 19.7. The number of ketones is 1. The zero-order valence-corrected chi connectivity index (χ0v) is 16.3. The molecule has 0 N–H and O–H groups in total. The molecule has 1 aliphatic rings. The van der Waals surface area contributed by atoms with E-state index in [0.717, 1.165) is 48.9 Å². The third kappa shape index (κ3) is 3.91. The van der Waals surface area contributed by atoms with Gasteiger partial charge in [0, 0.05) is 28.8 Å². The minimum atomic E-state index is -0.568. The quantitative estimate of drug-likeness (QED) is 0.205. The number of nitro groups is 1. The van der Waals surface area contributed by atoms with Gasteiger partial charge in [-0.1, -0.05) is 36.8 Å². The molecule has 3 aromatic rings. The molecule has 0 aliphatic heterocycles. The highest BCUT2D eigenvalue weighted by Crippen LogP contribution is 2.29. The lowest BCUT2D eigenvalue weighted by Crippen LogP contribution is -2.17. The molecule has 0 saturated carbocycles. The summed E-state index contributed by atoms with van der Waals surface area (Å²) in [7, 11) is 0. The molecule has 0 amide bonds. The maximum Gasteiger partial charge on any atom is 0.339 e. The van der Waals surface area contributed by atoms with Gasteiger partial charge >= 0.3 is 5.97 Å². The van der Waals surface area contributed by atoms with Gasteiger partial charge in [0.05, 0.1) is 16.0 Å². The highest BCUT2D eigenvalue weighted by Gasteiger charge is 2.23. The minimum absolute atomic E-state index is 0.135. The van der Waals surface area contributed by atoms with Crippen molar-refractivity contribution in [3.8, 4) is 0 Å². The Kier molecular flexibility index (Phi) is 5.52. The normalized spacial score (nSPS) is 13.3. The molecule has 7 heteroatoms. The van der Waals surface area contributed by atoms with Crippen LogP contribution in [-0.2, 0) is 17.6 Å². The largest absolute Gasteiger partial charge is 0.454 e. The van der Waals surface area contributed by atoms with E-state index in [9.17, 15) is 19.7 Å². The van der Waals surface area contributed by atoms with E-state index in [1.54, 1.807) is 0 Å². The number of aryl methyl sites for hydroxylation is 1. The van der Waals surface area contributed by atoms with Crippen molar-refractivity contribution in [1.82, 2.24) is 4.98 Å². The molecular weight excluding hydrogens is 384 g/mol. The molecule has 1 aromatic heterocycles. The Morgan fingerprint density at radius 2 is 1.83 bits per heavy atom. The van der Waals surface area contributed by atoms with Crippen LogP contribution in [-0.4, -0.2) is 28.3 Å². The molecule has 0 spiro atoms. The number of non-ortho nitro benzene ring substituents is 1. The summed E-state index contributed by atoms with van der Waals surface area (Å²) in [6, 6.07) is 12.8. The Morgan fingerprint density at radius 1 is 1.03 bits per heavy atom. The third-order valence-corrected chi connectivity index (χ3v) is 5.34. The number of hydrogen-bond acceptors (Lipinski definition) is 6. The first-order chi connectivity index (χ1) is 14.5. The summed E-state index contributed by atoms with van der Waals surface area (Å²) in [5, 5.41) is 11.6. The molecule has 0 bridgehead atoms. The van der Waals surface area contributed by atoms with E-state index in [0.29, 0.717) is 10.9 Å². The molecule has 0 atom stereocenters. The number of hydrogen-bond donors (Lipinski definition) is 0. The fraction of sp³-hybridized carbons (Fsp3) is 0.261. The fourth-order valence-electron chi connectivity index (χ4n) is 3.86. The van der Waals surface area contributed by atoms with Crippen molar-refractivity contribution in [2.75, 3.05) is 6.61 Å². The summed E-state index contributed by atoms with van der Waals surface area (Å²) in [5.41, 5.74) is 2.98. The van der Waals surface area contributed by atoms with Crippen molar-refractivity contribution < 1.29 is 19.2 Å². The van der Waals surface area contributed by atoms with Gasteiger partial charge in [-0.05, 0) is 37.3 Å². The number of esters is 1. The number of rotatable bonds is 5. The summed E-state index contributed by atoms with van der Waals surface area (Å²) < 4.78 is 5.37. The van der Waals surface area contributed by atoms with E-state index < -0.39 is 23.3 Å². The number of nitro benzene ring substituents is 1. The van der Waals surface area contributed by atoms with Gasteiger partial charge in [0.25, 0.3) is 5.69 Å². The van der Waals surface area contributed by atoms with Gasteiger partial charge in [-0.3, -0.25) is 19.9 Å². The number of Topliss-reactive ketones (excluding diaryl/α,β-unsaturated/α-hetero) is 1. The molecule has 0 unspecified atom stereocenters. The Morgan fingerprint density at radius 3 is 2.67 bits per heavy atom. The number of carbonyl (C=O) groups is 2. The predicted octanol–water partition coefficient (Wildman–Crippen LogP) is 4.45. The van der Waals surface area contributed by atoms with Gasteiger partial charge in [0.1, 0.15) is 0 Å². The molecule has 0 saturated heterocycles. The smallest absolute Gasteiger partial charge is 0.339 e. The Balaban J connectivity index is 1.62. The van der Waals surface area contributed by atoms with Crippen LogP contribution in [0.15, 0.2) is 48.5 Å². The van der Waals surface area contributed by atoms with Crippen LogP contribution in [0.3, 0.4) is 0 Å². The predicted molar refractivity (Wildman–Crippen MR) is 111 cm³/mol. The molecule has 2 aromatic carbocycles. The van der Waals surface area contributed by atoms with Crippen molar-refractivity contribution in [3.63, 3.8) is 0 Å². The monoisotopic (exact) mass is 404 g/mol. The maximum atomic E-state index is 13.0. The number of para-hydroxylation sites is 1. The topological polar surface area (TPSA) is 99.4 Å². The van der Waals surface area contributed by atoms with Crippen molar-refractivity contribution >= 4 is 28.3 Å². The molecule has 152 valence electrons. The Hall–Kier alpha value is -3.61. The lowest BCUT2D eigenvalue weighted by atomic mass is 9.97. The second-order valence-corrected chi connectivity index (χ2v) is 7.30. The summed E-state index contributed by atoms with van der Waals surface area (Å²) >= 11 is 0. The van der Waals surface area contributed by atoms with Crippen LogP contribution >= 0.6 is 0 Å². The number of fused-ring (bicyclic) bond motifs is 2. The molecule has 0 fully saturated rings. The lowest BCUT2D eigenvalue weighted by Gasteiger charge is -2.14. The van der Waals surface area contributed by atoms with Gasteiger partial charge in [-0.15, -0.1) is 0 Å². The molecule has 0 radical (unpaired) electrons. The lowest BCUT2D eigenvalue weighted by molar-refractivity contribution is -0.384. The summed E-state index contributed by atoms with van der Waals surface area (Å²) in [5.74, 6) is -1.05. The van der Waals surface area contributed by atoms with Gasteiger partial charge in [-0.25, -0.2) is 4.79 Å². The van der Waals surface area contributed by atoms with Crippen molar-refractivity contribution in [3.05, 3.63) is 81.0 Å². The molecule has 1 heterocycles. The summed E-state index contributed by atoms with van der Waals surface area (Å²) in [4.78, 5) is 40.6. The van der Waals surface area contributed by atoms with E-state index >= 15 is 0 Å². The summed E-state index contributed by atoms with van der Waals surface area (Å²) in [6.07, 6.45) is 4.63. The molecule has 7 nitrogen and oxygen atoms in total. The van der Waals surface area contributed by atoms with Crippen LogP contribution < -0.4 is 0 Å². The van der Waals surface area contributed by atoms with Crippen LogP contribution in [0.25, 0.3) is 10.9 Å². The maximum absolute atomic E-state index is 13.0. The number of benzene rings is 2. The van der Waals surface area contributed by atoms with E-state index in [-0.39, 0.29) is 11.3 Å². The standard InChI is InChI=1S/C23H20N2O5/c26-21(15-7-6-8-16(13-15)25(28)29)14-30-23(27)22-17-9-2-1-3-11-19(17)24-20-12-5-4-10-18(20)22/h4-8,10,12-13H,1-3,9,11,14H2. The Labute approximate surface area is 172 Å². The van der Waals surface area contributed by atoms with Crippen LogP contribution in [0.2, 0.25) is 0 Å².